The molecule has 0 heterocycles. The van der Waals surface area contributed by atoms with E-state index in [-0.39, 0.29) is 36.9 Å². The van der Waals surface area contributed by atoms with E-state index >= 15 is 0 Å². The van der Waals surface area contributed by atoms with Crippen LogP contribution in [0, 0.1) is 17.8 Å². The van der Waals surface area contributed by atoms with Gasteiger partial charge in [0, 0.05) is 31.7 Å². The molecule has 0 saturated heterocycles. The number of carbonyl (C=O) groups excluding carboxylic acids is 1. The van der Waals surface area contributed by atoms with Gasteiger partial charge < -0.3 is 5.73 Å². The van der Waals surface area contributed by atoms with Crippen molar-refractivity contribution in [1.82, 2.24) is 0 Å². The summed E-state index contributed by atoms with van der Waals surface area (Å²) in [5.74, 6) is -2.38. The van der Waals surface area contributed by atoms with Crippen LogP contribution in [0.15, 0.2) is 0 Å². The normalized spacial score (nSPS) is 25.1. The van der Waals surface area contributed by atoms with Gasteiger partial charge in [-0.2, -0.15) is 0 Å². The first-order valence-electron chi connectivity index (χ1n) is 6.94. The van der Waals surface area contributed by atoms with Gasteiger partial charge in [0.05, 0.1) is 0 Å². The molecule has 0 bridgehead atoms. The lowest BCUT2D eigenvalue weighted by Gasteiger charge is -2.29. The Morgan fingerprint density at radius 2 is 2.11 bits per heavy atom. The van der Waals surface area contributed by atoms with E-state index in [4.69, 9.17) is 5.73 Å². The Hall–Kier alpha value is -0.510. The molecule has 0 aromatic heterocycles. The summed E-state index contributed by atoms with van der Waals surface area (Å²) in [6, 6.07) is 0. The number of ketones is 1. The van der Waals surface area contributed by atoms with E-state index in [2.05, 4.69) is 0 Å². The predicted octanol–water partition coefficient (Wildman–Crippen LogP) is 3.39. The zero-order valence-electron chi connectivity index (χ0n) is 11.4. The molecule has 1 rings (SSSR count). The molecule has 2 unspecified atom stereocenters. The zero-order valence-corrected chi connectivity index (χ0v) is 11.4. The average Bonchev–Trinajstić information content (AvgIpc) is 2.23. The van der Waals surface area contributed by atoms with Crippen LogP contribution < -0.4 is 5.73 Å². The van der Waals surface area contributed by atoms with Gasteiger partial charge in [-0.1, -0.05) is 13.8 Å². The van der Waals surface area contributed by atoms with Crippen molar-refractivity contribution in [2.24, 2.45) is 23.5 Å². The van der Waals surface area contributed by atoms with Crippen molar-refractivity contribution in [2.75, 3.05) is 6.54 Å². The molecule has 2 N–H and O–H groups in total. The summed E-state index contributed by atoms with van der Waals surface area (Å²) in [7, 11) is 0. The number of carbonyl (C=O) groups is 1. The number of alkyl halides is 2. The third-order valence-electron chi connectivity index (χ3n) is 3.73. The number of hydrogen-bond acceptors (Lipinski definition) is 2. The Morgan fingerprint density at radius 1 is 1.44 bits per heavy atom. The maximum absolute atomic E-state index is 13.3. The van der Waals surface area contributed by atoms with E-state index in [1.54, 1.807) is 0 Å². The highest BCUT2D eigenvalue weighted by Crippen LogP contribution is 2.38. The van der Waals surface area contributed by atoms with E-state index in [0.29, 0.717) is 18.9 Å². The average molecular weight is 261 g/mol. The summed E-state index contributed by atoms with van der Waals surface area (Å²) < 4.78 is 26.5. The molecule has 0 aromatic rings. The molecular weight excluding hydrogens is 236 g/mol. The summed E-state index contributed by atoms with van der Waals surface area (Å²) >= 11 is 0. The van der Waals surface area contributed by atoms with Gasteiger partial charge in [-0.05, 0) is 31.1 Å². The van der Waals surface area contributed by atoms with Gasteiger partial charge in [-0.15, -0.1) is 0 Å². The lowest BCUT2D eigenvalue weighted by molar-refractivity contribution is -0.125. The molecule has 1 saturated carbocycles. The first kappa shape index (κ1) is 15.5. The summed E-state index contributed by atoms with van der Waals surface area (Å²) in [5, 5.41) is 0. The minimum absolute atomic E-state index is 0.0238. The van der Waals surface area contributed by atoms with Gasteiger partial charge in [-0.3, -0.25) is 4.79 Å². The van der Waals surface area contributed by atoms with Crippen LogP contribution in [0.2, 0.25) is 0 Å². The molecule has 0 spiro atoms. The van der Waals surface area contributed by atoms with Gasteiger partial charge in [0.2, 0.25) is 5.92 Å². The summed E-state index contributed by atoms with van der Waals surface area (Å²) in [5.41, 5.74) is 5.61. The second kappa shape index (κ2) is 6.60. The molecular formula is C14H25F2NO. The van der Waals surface area contributed by atoms with Crippen LogP contribution in [0.1, 0.15) is 52.4 Å². The van der Waals surface area contributed by atoms with Gasteiger partial charge in [0.25, 0.3) is 0 Å². The van der Waals surface area contributed by atoms with Crippen LogP contribution in [0.25, 0.3) is 0 Å². The minimum atomic E-state index is -2.57. The summed E-state index contributed by atoms with van der Waals surface area (Å²) in [4.78, 5) is 12.1. The Kier molecular flexibility index (Phi) is 5.70. The molecule has 106 valence electrons. The topological polar surface area (TPSA) is 43.1 Å². The number of rotatable bonds is 6. The van der Waals surface area contributed by atoms with E-state index in [0.717, 1.165) is 12.8 Å². The highest BCUT2D eigenvalue weighted by Gasteiger charge is 2.37. The molecule has 18 heavy (non-hydrogen) atoms. The van der Waals surface area contributed by atoms with Gasteiger partial charge in [0.1, 0.15) is 5.78 Å². The molecule has 0 aliphatic heterocycles. The third-order valence-corrected chi connectivity index (χ3v) is 3.73. The first-order valence-corrected chi connectivity index (χ1v) is 6.94. The van der Waals surface area contributed by atoms with Crippen LogP contribution in [-0.2, 0) is 4.79 Å². The SMILES string of the molecule is CC(C)CC(CN)C(=O)CC1CCCC(F)(F)C1. The van der Waals surface area contributed by atoms with Crippen LogP contribution in [0.3, 0.4) is 0 Å². The van der Waals surface area contributed by atoms with Gasteiger partial charge in [-0.25, -0.2) is 8.78 Å². The molecule has 1 aliphatic rings. The van der Waals surface area contributed by atoms with Crippen LogP contribution in [0.5, 0.6) is 0 Å². The molecule has 0 amide bonds. The van der Waals surface area contributed by atoms with Crippen LogP contribution >= 0.6 is 0 Å². The summed E-state index contributed by atoms with van der Waals surface area (Å²) in [6.45, 7) is 4.43. The molecule has 2 nitrogen and oxygen atoms in total. The standard InChI is InChI=1S/C14H25F2NO/c1-10(2)6-12(9-17)13(18)7-11-4-3-5-14(15,16)8-11/h10-12H,3-9,17H2,1-2H3. The van der Waals surface area contributed by atoms with Gasteiger partial charge >= 0.3 is 0 Å². The number of hydrogen-bond donors (Lipinski definition) is 1. The Balaban J connectivity index is 2.47. The molecule has 4 heteroatoms. The van der Waals surface area contributed by atoms with E-state index < -0.39 is 5.92 Å². The zero-order chi connectivity index (χ0) is 13.8. The van der Waals surface area contributed by atoms with Crippen molar-refractivity contribution in [3.05, 3.63) is 0 Å². The Bertz CT molecular complexity index is 279. The van der Waals surface area contributed by atoms with Crippen LogP contribution in [-0.4, -0.2) is 18.3 Å². The lowest BCUT2D eigenvalue weighted by atomic mass is 9.80. The second-order valence-corrected chi connectivity index (χ2v) is 6.05. The fourth-order valence-corrected chi connectivity index (χ4v) is 2.83. The number of nitrogens with two attached hydrogens (primary N) is 1. The van der Waals surface area contributed by atoms with Crippen molar-refractivity contribution in [3.8, 4) is 0 Å². The Labute approximate surface area is 108 Å². The highest BCUT2D eigenvalue weighted by molar-refractivity contribution is 5.81. The van der Waals surface area contributed by atoms with Crippen molar-refractivity contribution in [1.29, 1.82) is 0 Å². The number of halogens is 2. The quantitative estimate of drug-likeness (QED) is 0.796. The van der Waals surface area contributed by atoms with E-state index in [1.807, 2.05) is 13.8 Å². The smallest absolute Gasteiger partial charge is 0.248 e. The maximum atomic E-state index is 13.3. The molecule has 2 atom stereocenters. The Morgan fingerprint density at radius 3 is 2.61 bits per heavy atom. The molecule has 0 radical (unpaired) electrons. The van der Waals surface area contributed by atoms with Crippen molar-refractivity contribution in [2.45, 2.75) is 58.3 Å². The van der Waals surface area contributed by atoms with Crippen molar-refractivity contribution in [3.63, 3.8) is 0 Å². The van der Waals surface area contributed by atoms with Crippen molar-refractivity contribution >= 4 is 5.78 Å². The lowest BCUT2D eigenvalue weighted by Crippen LogP contribution is -2.31. The largest absolute Gasteiger partial charge is 0.330 e. The summed E-state index contributed by atoms with van der Waals surface area (Å²) in [6.07, 6.45) is 2.17. The monoisotopic (exact) mass is 261 g/mol. The molecule has 0 aromatic carbocycles. The fourth-order valence-electron chi connectivity index (χ4n) is 2.83. The highest BCUT2D eigenvalue weighted by atomic mass is 19.3. The van der Waals surface area contributed by atoms with Gasteiger partial charge in [0.15, 0.2) is 0 Å². The molecule has 1 fully saturated rings. The minimum Gasteiger partial charge on any atom is -0.330 e. The first-order chi connectivity index (χ1) is 8.34. The predicted molar refractivity (Wildman–Crippen MR) is 68.5 cm³/mol. The van der Waals surface area contributed by atoms with Crippen LogP contribution in [0.4, 0.5) is 8.78 Å². The van der Waals surface area contributed by atoms with E-state index in [1.165, 1.54) is 0 Å². The maximum Gasteiger partial charge on any atom is 0.248 e. The second-order valence-electron chi connectivity index (χ2n) is 6.05. The molecule has 1 aliphatic carbocycles. The number of Topliss-reactive ketones (excluding diaryl/α,β-unsaturated/α-hetero) is 1. The van der Waals surface area contributed by atoms with E-state index in [9.17, 15) is 13.6 Å². The fraction of sp³-hybridized carbons (Fsp3) is 0.929. The third kappa shape index (κ3) is 5.01. The van der Waals surface area contributed by atoms with Crippen molar-refractivity contribution < 1.29 is 13.6 Å².